The minimum Gasteiger partial charge on any atom is -0.496 e. The van der Waals surface area contributed by atoms with Gasteiger partial charge in [0.2, 0.25) is 0 Å². The molecule has 56 heavy (non-hydrogen) atoms. The lowest BCUT2D eigenvalue weighted by molar-refractivity contribution is 0.403. The Bertz CT molecular complexity index is 2400. The molecule has 0 N–H and O–H groups in total. The predicted octanol–water partition coefficient (Wildman–Crippen LogP) is 12.7. The number of benzene rings is 8. The predicted molar refractivity (Wildman–Crippen MR) is 238 cm³/mol. The number of methoxy groups -OCH3 is 4. The van der Waals surface area contributed by atoms with Crippen molar-refractivity contribution in [3.8, 4) is 23.0 Å². The molecule has 0 fully saturated rings. The summed E-state index contributed by atoms with van der Waals surface area (Å²) in [7, 11) is 7.25. The summed E-state index contributed by atoms with van der Waals surface area (Å²) >= 11 is 3.78. The van der Waals surface area contributed by atoms with Crippen molar-refractivity contribution in [1.82, 2.24) is 0 Å². The minimum atomic E-state index is 0.675. The molecule has 1 aliphatic rings. The lowest BCUT2D eigenvalue weighted by Crippen LogP contribution is -2.05. The van der Waals surface area contributed by atoms with E-state index in [2.05, 4.69) is 121 Å². The van der Waals surface area contributed by atoms with Crippen LogP contribution in [0.3, 0.4) is 0 Å². The summed E-state index contributed by atoms with van der Waals surface area (Å²) in [4.78, 5) is 0. The zero-order chi connectivity index (χ0) is 38.2. The monoisotopic (exact) mass is 772 g/mol. The molecule has 0 saturated heterocycles. The zero-order valence-corrected chi connectivity index (χ0v) is 33.9. The maximum atomic E-state index is 6.39. The van der Waals surface area contributed by atoms with Crippen molar-refractivity contribution in [3.63, 3.8) is 0 Å². The topological polar surface area (TPSA) is 36.9 Å². The first-order chi connectivity index (χ1) is 27.6. The van der Waals surface area contributed by atoms with Crippen LogP contribution in [0.15, 0.2) is 121 Å². The second-order valence-corrected chi connectivity index (χ2v) is 16.4. The van der Waals surface area contributed by atoms with Crippen LogP contribution in [0, 0.1) is 0 Å². The van der Waals surface area contributed by atoms with Gasteiger partial charge < -0.3 is 18.9 Å². The van der Waals surface area contributed by atoms with Gasteiger partial charge in [-0.1, -0.05) is 97.1 Å². The van der Waals surface area contributed by atoms with Crippen LogP contribution in [0.25, 0.3) is 43.1 Å². The number of rotatable bonds is 4. The van der Waals surface area contributed by atoms with E-state index in [-0.39, 0.29) is 0 Å². The number of thioether (sulfide) groups is 2. The van der Waals surface area contributed by atoms with Crippen molar-refractivity contribution in [2.24, 2.45) is 0 Å². The van der Waals surface area contributed by atoms with Gasteiger partial charge in [-0.2, -0.15) is 23.5 Å². The standard InChI is InChI=1S/C50H44O4S2/c1-51-47-35-21-31-13-5-9-17-39(31)43(47)25-44-40-18-10-6-14-32(40)22-37(48(44)52-2)29-56-30-38-24-34-16-8-12-20-42(34)46(50(38)54-4)26-45-41-19-11-7-15-33(41)23-36(28-55-27-35)49(45)53-3/h5-24H,25-30H2,1-4H3. The normalized spacial score (nSPS) is 13.5. The van der Waals surface area contributed by atoms with Crippen molar-refractivity contribution in [2.75, 3.05) is 28.4 Å². The molecule has 0 radical (unpaired) electrons. The van der Waals surface area contributed by atoms with Gasteiger partial charge in [0, 0.05) is 80.4 Å². The maximum absolute atomic E-state index is 6.39. The summed E-state index contributed by atoms with van der Waals surface area (Å²) in [5.74, 6) is 6.89. The van der Waals surface area contributed by atoms with Gasteiger partial charge >= 0.3 is 0 Å². The van der Waals surface area contributed by atoms with E-state index in [0.717, 1.165) is 46.0 Å². The van der Waals surface area contributed by atoms with Gasteiger partial charge in [0.25, 0.3) is 0 Å². The van der Waals surface area contributed by atoms with E-state index < -0.39 is 0 Å². The molecule has 0 amide bonds. The molecule has 0 saturated carbocycles. The summed E-state index contributed by atoms with van der Waals surface area (Å²) in [5.41, 5.74) is 9.47. The van der Waals surface area contributed by atoms with Gasteiger partial charge in [-0.3, -0.25) is 0 Å². The Morgan fingerprint density at radius 2 is 0.571 bits per heavy atom. The van der Waals surface area contributed by atoms with Gasteiger partial charge in [-0.25, -0.2) is 0 Å². The highest BCUT2D eigenvalue weighted by Gasteiger charge is 2.24. The Balaban J connectivity index is 1.28. The van der Waals surface area contributed by atoms with Gasteiger partial charge in [-0.05, 0) is 67.4 Å². The van der Waals surface area contributed by atoms with Crippen LogP contribution in [-0.2, 0) is 35.9 Å². The van der Waals surface area contributed by atoms with E-state index in [1.165, 1.54) is 87.6 Å². The zero-order valence-electron chi connectivity index (χ0n) is 32.2. The molecule has 1 aliphatic heterocycles. The summed E-state index contributed by atoms with van der Waals surface area (Å²) in [6, 6.07) is 44.1. The van der Waals surface area contributed by atoms with E-state index in [4.69, 9.17) is 18.9 Å². The Kier molecular flexibility index (Phi) is 10.2. The van der Waals surface area contributed by atoms with Gasteiger partial charge in [0.15, 0.2) is 0 Å². The van der Waals surface area contributed by atoms with Crippen molar-refractivity contribution in [2.45, 2.75) is 35.9 Å². The molecule has 6 heteroatoms. The number of hydrogen-bond acceptors (Lipinski definition) is 6. The SMILES string of the molecule is COc1c2cc3ccccc3c1Cc1c(OC)c(cc3ccccc13)CSCc1cc3ccccc3c(c1OC)Cc1c(OC)c(cc3ccccc13)CSC2. The molecule has 0 aromatic heterocycles. The molecule has 0 unspecified atom stereocenters. The number of hydrogen-bond donors (Lipinski definition) is 0. The largest absolute Gasteiger partial charge is 0.496 e. The fourth-order valence-electron chi connectivity index (χ4n) is 8.91. The van der Waals surface area contributed by atoms with Crippen molar-refractivity contribution in [3.05, 3.63) is 166 Å². The first kappa shape index (κ1) is 36.3. The van der Waals surface area contributed by atoms with Gasteiger partial charge in [0.05, 0.1) is 28.4 Å². The molecule has 8 aromatic carbocycles. The van der Waals surface area contributed by atoms with E-state index in [0.29, 0.717) is 12.8 Å². The second kappa shape index (κ2) is 15.7. The van der Waals surface area contributed by atoms with Crippen LogP contribution in [0.5, 0.6) is 23.0 Å². The molecule has 0 aliphatic carbocycles. The second-order valence-electron chi connectivity index (χ2n) is 14.4. The Morgan fingerprint density at radius 1 is 0.339 bits per heavy atom. The van der Waals surface area contributed by atoms with E-state index in [1.807, 2.05) is 52.0 Å². The van der Waals surface area contributed by atoms with Crippen molar-refractivity contribution >= 4 is 66.6 Å². The highest BCUT2D eigenvalue weighted by Crippen LogP contribution is 2.45. The molecule has 1 heterocycles. The molecular formula is C50H44O4S2. The van der Waals surface area contributed by atoms with Gasteiger partial charge in [-0.15, -0.1) is 0 Å². The third-order valence-corrected chi connectivity index (χ3v) is 13.3. The molecule has 280 valence electrons. The highest BCUT2D eigenvalue weighted by atomic mass is 32.2. The van der Waals surface area contributed by atoms with E-state index >= 15 is 0 Å². The first-order valence-corrected chi connectivity index (χ1v) is 21.4. The molecular weight excluding hydrogens is 729 g/mol. The van der Waals surface area contributed by atoms with Crippen LogP contribution < -0.4 is 18.9 Å². The fraction of sp³-hybridized carbons (Fsp3) is 0.200. The summed E-state index contributed by atoms with van der Waals surface area (Å²) in [5, 5.41) is 9.65. The quantitative estimate of drug-likeness (QED) is 0.177. The molecule has 4 nitrogen and oxygen atoms in total. The first-order valence-electron chi connectivity index (χ1n) is 19.1. The van der Waals surface area contributed by atoms with E-state index in [9.17, 15) is 0 Å². The van der Waals surface area contributed by atoms with Crippen LogP contribution in [0.1, 0.15) is 44.5 Å². The van der Waals surface area contributed by atoms with E-state index in [1.54, 1.807) is 0 Å². The fourth-order valence-corrected chi connectivity index (χ4v) is 10.9. The molecule has 0 atom stereocenters. The lowest BCUT2D eigenvalue weighted by atomic mass is 9.90. The smallest absolute Gasteiger partial charge is 0.127 e. The summed E-state index contributed by atoms with van der Waals surface area (Å²) in [6.07, 6.45) is 1.35. The average Bonchev–Trinajstić information content (AvgIpc) is 3.23. The highest BCUT2D eigenvalue weighted by molar-refractivity contribution is 7.98. The Hall–Kier alpha value is -5.30. The summed E-state index contributed by atoms with van der Waals surface area (Å²) in [6.45, 7) is 0. The number of ether oxygens (including phenoxy) is 4. The number of fused-ring (bicyclic) bond motifs is 16. The third-order valence-electron chi connectivity index (χ3n) is 11.3. The lowest BCUT2D eigenvalue weighted by Gasteiger charge is -2.22. The summed E-state index contributed by atoms with van der Waals surface area (Å²) < 4.78 is 25.5. The van der Waals surface area contributed by atoms with Gasteiger partial charge in [0.1, 0.15) is 23.0 Å². The van der Waals surface area contributed by atoms with Crippen LogP contribution in [0.4, 0.5) is 0 Å². The van der Waals surface area contributed by atoms with Crippen molar-refractivity contribution in [1.29, 1.82) is 0 Å². The molecule has 9 rings (SSSR count). The molecule has 0 spiro atoms. The van der Waals surface area contributed by atoms with Crippen LogP contribution in [0.2, 0.25) is 0 Å². The minimum absolute atomic E-state index is 0.675. The molecule has 8 aromatic rings. The van der Waals surface area contributed by atoms with Crippen LogP contribution >= 0.6 is 23.5 Å². The van der Waals surface area contributed by atoms with Crippen molar-refractivity contribution < 1.29 is 18.9 Å². The van der Waals surface area contributed by atoms with Crippen LogP contribution in [-0.4, -0.2) is 28.4 Å². The Labute approximate surface area is 337 Å². The maximum Gasteiger partial charge on any atom is 0.127 e. The average molecular weight is 773 g/mol. The molecule has 8 bridgehead atoms. The Morgan fingerprint density at radius 3 is 0.804 bits per heavy atom. The third kappa shape index (κ3) is 6.49.